The minimum absolute atomic E-state index is 0.757. The second-order valence-corrected chi connectivity index (χ2v) is 6.75. The molecule has 108 valence electrons. The van der Waals surface area contributed by atoms with Gasteiger partial charge in [0.15, 0.2) is 0 Å². The van der Waals surface area contributed by atoms with E-state index < -0.39 is 0 Å². The molecule has 1 nitrogen and oxygen atoms in total. The molecule has 0 amide bonds. The van der Waals surface area contributed by atoms with Crippen molar-refractivity contribution in [2.75, 3.05) is 13.1 Å². The Hall–Kier alpha value is -0.340. The van der Waals surface area contributed by atoms with Crippen molar-refractivity contribution in [3.05, 3.63) is 34.3 Å². The Morgan fingerprint density at radius 3 is 2.63 bits per heavy atom. The first-order valence-electron chi connectivity index (χ1n) is 7.57. The number of nitrogens with one attached hydrogen (secondary N) is 1. The van der Waals surface area contributed by atoms with E-state index in [0.29, 0.717) is 0 Å². The lowest BCUT2D eigenvalue weighted by molar-refractivity contribution is 0.410. The van der Waals surface area contributed by atoms with Crippen molar-refractivity contribution in [3.63, 3.8) is 0 Å². The molecule has 19 heavy (non-hydrogen) atoms. The van der Waals surface area contributed by atoms with Gasteiger partial charge in [-0.3, -0.25) is 0 Å². The van der Waals surface area contributed by atoms with Crippen molar-refractivity contribution >= 4 is 15.9 Å². The molecule has 1 unspecified atom stereocenters. The largest absolute Gasteiger partial charge is 0.317 e. The molecule has 1 aromatic rings. The van der Waals surface area contributed by atoms with Crippen molar-refractivity contribution in [3.8, 4) is 0 Å². The summed E-state index contributed by atoms with van der Waals surface area (Å²) >= 11 is 3.56. The highest BCUT2D eigenvalue weighted by Gasteiger charge is 2.10. The van der Waals surface area contributed by atoms with Crippen molar-refractivity contribution in [1.82, 2.24) is 5.32 Å². The highest BCUT2D eigenvalue weighted by Crippen LogP contribution is 2.19. The monoisotopic (exact) mass is 325 g/mol. The topological polar surface area (TPSA) is 12.0 Å². The number of hydrogen-bond donors (Lipinski definition) is 1. The Morgan fingerprint density at radius 1 is 1.21 bits per heavy atom. The van der Waals surface area contributed by atoms with Crippen LogP contribution >= 0.6 is 15.9 Å². The third-order valence-electron chi connectivity index (χ3n) is 3.49. The zero-order valence-electron chi connectivity index (χ0n) is 12.6. The van der Waals surface area contributed by atoms with Crippen LogP contribution in [0.4, 0.5) is 0 Å². The summed E-state index contributed by atoms with van der Waals surface area (Å²) in [6.45, 7) is 9.02. The first kappa shape index (κ1) is 16.7. The summed E-state index contributed by atoms with van der Waals surface area (Å²) in [5.41, 5.74) is 1.45. The van der Waals surface area contributed by atoms with Gasteiger partial charge in [-0.1, -0.05) is 61.7 Å². The first-order valence-corrected chi connectivity index (χ1v) is 8.36. The summed E-state index contributed by atoms with van der Waals surface area (Å²) in [6.07, 6.45) is 5.21. The van der Waals surface area contributed by atoms with Crippen molar-refractivity contribution < 1.29 is 0 Å². The van der Waals surface area contributed by atoms with Gasteiger partial charge >= 0.3 is 0 Å². The average Bonchev–Trinajstić information content (AvgIpc) is 2.35. The van der Waals surface area contributed by atoms with E-state index in [1.807, 2.05) is 0 Å². The Labute approximate surface area is 127 Å². The third-order valence-corrected chi connectivity index (χ3v) is 3.98. The van der Waals surface area contributed by atoms with E-state index in [9.17, 15) is 0 Å². The molecule has 1 atom stereocenters. The van der Waals surface area contributed by atoms with Crippen LogP contribution in [-0.2, 0) is 6.42 Å². The van der Waals surface area contributed by atoms with Gasteiger partial charge in [-0.05, 0) is 55.5 Å². The van der Waals surface area contributed by atoms with E-state index in [2.05, 4.69) is 66.3 Å². The fourth-order valence-corrected chi connectivity index (χ4v) is 2.88. The van der Waals surface area contributed by atoms with Gasteiger partial charge in [0.25, 0.3) is 0 Å². The van der Waals surface area contributed by atoms with Crippen LogP contribution in [0.3, 0.4) is 0 Å². The SMILES string of the molecule is CCNCC(CCCC(C)C)Cc1cccc(Br)c1. The molecule has 0 radical (unpaired) electrons. The molecule has 1 N–H and O–H groups in total. The molecular formula is C17H28BrN. The van der Waals surface area contributed by atoms with Crippen molar-refractivity contribution in [2.45, 2.75) is 46.5 Å². The lowest BCUT2D eigenvalue weighted by Gasteiger charge is -2.18. The maximum atomic E-state index is 3.56. The van der Waals surface area contributed by atoms with Crippen LogP contribution in [0.25, 0.3) is 0 Å². The van der Waals surface area contributed by atoms with Crippen LogP contribution in [0, 0.1) is 11.8 Å². The lowest BCUT2D eigenvalue weighted by Crippen LogP contribution is -2.24. The standard InChI is InChI=1S/C17H28BrN/c1-4-19-13-16(9-5-7-14(2)3)11-15-8-6-10-17(18)12-15/h6,8,10,12,14,16,19H,4-5,7,9,11,13H2,1-3H3. The van der Waals surface area contributed by atoms with E-state index in [-0.39, 0.29) is 0 Å². The molecule has 0 aromatic heterocycles. The summed E-state index contributed by atoms with van der Waals surface area (Å²) in [5.74, 6) is 1.58. The maximum Gasteiger partial charge on any atom is 0.0177 e. The highest BCUT2D eigenvalue weighted by atomic mass is 79.9. The molecule has 0 aliphatic rings. The Kier molecular flexibility index (Phi) is 8.40. The molecule has 0 fully saturated rings. The Morgan fingerprint density at radius 2 is 2.00 bits per heavy atom. The van der Waals surface area contributed by atoms with E-state index in [4.69, 9.17) is 0 Å². The van der Waals surface area contributed by atoms with E-state index in [1.165, 1.54) is 35.7 Å². The normalized spacial score (nSPS) is 12.9. The Bertz CT molecular complexity index is 349. The van der Waals surface area contributed by atoms with Gasteiger partial charge < -0.3 is 5.32 Å². The molecule has 1 rings (SSSR count). The molecule has 0 heterocycles. The van der Waals surface area contributed by atoms with E-state index >= 15 is 0 Å². The number of halogens is 1. The first-order chi connectivity index (χ1) is 9.11. The van der Waals surface area contributed by atoms with Gasteiger partial charge in [0.1, 0.15) is 0 Å². The minimum atomic E-state index is 0.757. The van der Waals surface area contributed by atoms with Gasteiger partial charge in [0, 0.05) is 4.47 Å². The van der Waals surface area contributed by atoms with Crippen LogP contribution in [0.2, 0.25) is 0 Å². The molecule has 0 aliphatic heterocycles. The lowest BCUT2D eigenvalue weighted by atomic mass is 9.92. The summed E-state index contributed by atoms with van der Waals surface area (Å²) in [7, 11) is 0. The number of rotatable bonds is 9. The predicted molar refractivity (Wildman–Crippen MR) is 88.6 cm³/mol. The molecule has 0 saturated carbocycles. The molecular weight excluding hydrogens is 298 g/mol. The quantitative estimate of drug-likeness (QED) is 0.670. The van der Waals surface area contributed by atoms with Crippen LogP contribution in [0.1, 0.15) is 45.6 Å². The smallest absolute Gasteiger partial charge is 0.0177 e. The molecule has 1 aromatic carbocycles. The average molecular weight is 326 g/mol. The summed E-state index contributed by atoms with van der Waals surface area (Å²) in [4.78, 5) is 0. The number of benzene rings is 1. The second-order valence-electron chi connectivity index (χ2n) is 5.83. The highest BCUT2D eigenvalue weighted by molar-refractivity contribution is 9.10. The second kappa shape index (κ2) is 9.55. The zero-order chi connectivity index (χ0) is 14.1. The van der Waals surface area contributed by atoms with Crippen LogP contribution in [0.5, 0.6) is 0 Å². The predicted octanol–water partition coefficient (Wildman–Crippen LogP) is 5.04. The van der Waals surface area contributed by atoms with Gasteiger partial charge in [-0.25, -0.2) is 0 Å². The molecule has 0 spiro atoms. The summed E-state index contributed by atoms with van der Waals surface area (Å²) in [6, 6.07) is 8.73. The van der Waals surface area contributed by atoms with Gasteiger partial charge in [0.2, 0.25) is 0 Å². The van der Waals surface area contributed by atoms with Crippen LogP contribution in [0.15, 0.2) is 28.7 Å². The molecule has 0 saturated heterocycles. The van der Waals surface area contributed by atoms with Crippen molar-refractivity contribution in [2.24, 2.45) is 11.8 Å². The van der Waals surface area contributed by atoms with E-state index in [1.54, 1.807) is 0 Å². The fraction of sp³-hybridized carbons (Fsp3) is 0.647. The molecule has 2 heteroatoms. The summed E-state index contributed by atoms with van der Waals surface area (Å²) < 4.78 is 1.19. The minimum Gasteiger partial charge on any atom is -0.317 e. The van der Waals surface area contributed by atoms with Gasteiger partial charge in [-0.15, -0.1) is 0 Å². The number of hydrogen-bond acceptors (Lipinski definition) is 1. The van der Waals surface area contributed by atoms with Crippen molar-refractivity contribution in [1.29, 1.82) is 0 Å². The molecule has 0 aliphatic carbocycles. The zero-order valence-corrected chi connectivity index (χ0v) is 14.2. The van der Waals surface area contributed by atoms with E-state index in [0.717, 1.165) is 24.9 Å². The van der Waals surface area contributed by atoms with Crippen LogP contribution < -0.4 is 5.32 Å². The maximum absolute atomic E-state index is 3.56. The van der Waals surface area contributed by atoms with Crippen LogP contribution in [-0.4, -0.2) is 13.1 Å². The molecule has 0 bridgehead atoms. The summed E-state index contributed by atoms with van der Waals surface area (Å²) in [5, 5.41) is 3.51. The van der Waals surface area contributed by atoms with Gasteiger partial charge in [-0.2, -0.15) is 0 Å². The Balaban J connectivity index is 2.48. The third kappa shape index (κ3) is 7.74. The van der Waals surface area contributed by atoms with Gasteiger partial charge in [0.05, 0.1) is 0 Å². The fourth-order valence-electron chi connectivity index (χ4n) is 2.44.